The van der Waals surface area contributed by atoms with E-state index < -0.39 is 16.0 Å². The number of halogens is 2. The molecule has 0 bridgehead atoms. The molecule has 1 atom stereocenters. The summed E-state index contributed by atoms with van der Waals surface area (Å²) < 4.78 is 28.1. The largest absolute Gasteiger partial charge is 0.481 e. The predicted molar refractivity (Wildman–Crippen MR) is 87.7 cm³/mol. The van der Waals surface area contributed by atoms with Crippen LogP contribution in [0.4, 0.5) is 0 Å². The summed E-state index contributed by atoms with van der Waals surface area (Å²) in [5, 5.41) is 8.60. The smallest absolute Gasteiger partial charge is 0.303 e. The van der Waals surface area contributed by atoms with Gasteiger partial charge in [0.1, 0.15) is 0 Å². The number of carbonyl (C=O) groups is 1. The Bertz CT molecular complexity index is 604. The molecule has 0 radical (unpaired) electrons. The lowest BCUT2D eigenvalue weighted by Crippen LogP contribution is -2.26. The van der Waals surface area contributed by atoms with Crippen molar-refractivity contribution in [3.8, 4) is 0 Å². The number of nitrogens with one attached hydrogen (secondary N) is 1. The van der Waals surface area contributed by atoms with E-state index in [1.807, 2.05) is 6.92 Å². The summed E-state index contributed by atoms with van der Waals surface area (Å²) in [6.07, 6.45) is 1.24. The van der Waals surface area contributed by atoms with Gasteiger partial charge >= 0.3 is 5.97 Å². The maximum Gasteiger partial charge on any atom is 0.303 e. The fourth-order valence-corrected chi connectivity index (χ4v) is 4.26. The first-order valence-electron chi connectivity index (χ1n) is 6.39. The minimum atomic E-state index is -3.58. The van der Waals surface area contributed by atoms with E-state index in [0.717, 1.165) is 0 Å². The highest BCUT2D eigenvalue weighted by atomic mass is 79.9. The Kier molecular flexibility index (Phi) is 7.32. The summed E-state index contributed by atoms with van der Waals surface area (Å²) in [5.74, 6) is -0.685. The molecule has 0 amide bonds. The van der Waals surface area contributed by atoms with Gasteiger partial charge in [0.25, 0.3) is 0 Å². The van der Waals surface area contributed by atoms with Crippen molar-refractivity contribution in [1.82, 2.24) is 4.72 Å². The zero-order valence-corrected chi connectivity index (χ0v) is 15.5. The molecule has 0 heterocycles. The second-order valence-corrected chi connectivity index (χ2v) is 8.30. The number of hydrogen-bond donors (Lipinski definition) is 2. The Morgan fingerprint density at radius 1 is 1.33 bits per heavy atom. The van der Waals surface area contributed by atoms with E-state index in [1.54, 1.807) is 12.1 Å². The van der Waals surface area contributed by atoms with Gasteiger partial charge in [-0.05, 0) is 52.9 Å². The van der Waals surface area contributed by atoms with Crippen molar-refractivity contribution < 1.29 is 18.3 Å². The lowest BCUT2D eigenvalue weighted by Gasteiger charge is -2.12. The van der Waals surface area contributed by atoms with Crippen LogP contribution in [-0.4, -0.2) is 26.0 Å². The molecule has 5 nitrogen and oxygen atoms in total. The summed E-state index contributed by atoms with van der Waals surface area (Å²) in [5.41, 5.74) is 0. The van der Waals surface area contributed by atoms with Crippen molar-refractivity contribution in [1.29, 1.82) is 0 Å². The fraction of sp³-hybridized carbons (Fsp3) is 0.462. The Balaban J connectivity index is 2.57. The van der Waals surface area contributed by atoms with E-state index in [1.165, 1.54) is 6.07 Å². The Morgan fingerprint density at radius 2 is 2.00 bits per heavy atom. The topological polar surface area (TPSA) is 83.5 Å². The molecule has 1 aromatic rings. The molecule has 21 heavy (non-hydrogen) atoms. The van der Waals surface area contributed by atoms with E-state index in [4.69, 9.17) is 5.11 Å². The van der Waals surface area contributed by atoms with Crippen LogP contribution >= 0.6 is 31.9 Å². The van der Waals surface area contributed by atoms with Crippen LogP contribution in [0.3, 0.4) is 0 Å². The molecule has 2 N–H and O–H groups in total. The van der Waals surface area contributed by atoms with Crippen LogP contribution in [0.15, 0.2) is 32.0 Å². The number of benzene rings is 1. The second kappa shape index (κ2) is 8.26. The van der Waals surface area contributed by atoms with Crippen molar-refractivity contribution >= 4 is 47.9 Å². The molecule has 0 spiro atoms. The van der Waals surface area contributed by atoms with Gasteiger partial charge in [0, 0.05) is 21.9 Å². The number of hydrogen-bond acceptors (Lipinski definition) is 3. The summed E-state index contributed by atoms with van der Waals surface area (Å²) in [6.45, 7) is 2.19. The number of carboxylic acids is 1. The first-order valence-corrected chi connectivity index (χ1v) is 9.46. The van der Waals surface area contributed by atoms with E-state index in [-0.39, 0.29) is 23.8 Å². The van der Waals surface area contributed by atoms with Gasteiger partial charge in [-0.2, -0.15) is 0 Å². The minimum Gasteiger partial charge on any atom is -0.481 e. The predicted octanol–water partition coefficient (Wildman–Crippen LogP) is 3.38. The van der Waals surface area contributed by atoms with Gasteiger partial charge in [-0.15, -0.1) is 0 Å². The molecule has 118 valence electrons. The lowest BCUT2D eigenvalue weighted by atomic mass is 10.0. The molecule has 0 aliphatic carbocycles. The molecule has 0 aromatic heterocycles. The van der Waals surface area contributed by atoms with E-state index >= 15 is 0 Å². The van der Waals surface area contributed by atoms with Crippen molar-refractivity contribution in [2.24, 2.45) is 5.92 Å². The molecule has 8 heteroatoms. The van der Waals surface area contributed by atoms with E-state index in [0.29, 0.717) is 21.8 Å². The van der Waals surface area contributed by atoms with Gasteiger partial charge in [-0.25, -0.2) is 13.1 Å². The Labute approximate surface area is 141 Å². The molecular weight excluding hydrogens is 426 g/mol. The second-order valence-electron chi connectivity index (χ2n) is 4.80. The minimum absolute atomic E-state index is 0.102. The van der Waals surface area contributed by atoms with Gasteiger partial charge in [0.15, 0.2) is 0 Å². The molecule has 0 aliphatic rings. The maximum atomic E-state index is 12.2. The third kappa shape index (κ3) is 6.46. The average Bonchev–Trinajstić information content (AvgIpc) is 2.39. The van der Waals surface area contributed by atoms with Crippen LogP contribution in [0.1, 0.15) is 26.2 Å². The summed E-state index contributed by atoms with van der Waals surface area (Å²) in [4.78, 5) is 10.6. The number of aliphatic carboxylic acids is 1. The van der Waals surface area contributed by atoms with Crippen molar-refractivity contribution in [3.63, 3.8) is 0 Å². The standard InChI is InChI=1S/C13H17Br2NO4S/c1-9(2-5-13(17)18)6-7-16-21(19,20)12-8-10(14)3-4-11(12)15/h3-4,8-9,16H,2,5-7H2,1H3,(H,17,18). The molecule has 0 saturated heterocycles. The fourth-order valence-electron chi connectivity index (χ4n) is 1.71. The first-order chi connectivity index (χ1) is 9.72. The molecule has 0 aliphatic heterocycles. The van der Waals surface area contributed by atoms with Crippen LogP contribution < -0.4 is 4.72 Å². The van der Waals surface area contributed by atoms with Crippen molar-refractivity contribution in [3.05, 3.63) is 27.1 Å². The van der Waals surface area contributed by atoms with Gasteiger partial charge < -0.3 is 5.11 Å². The first kappa shape index (κ1) is 18.6. The van der Waals surface area contributed by atoms with Gasteiger partial charge in [-0.1, -0.05) is 22.9 Å². The lowest BCUT2D eigenvalue weighted by molar-refractivity contribution is -0.137. The monoisotopic (exact) mass is 441 g/mol. The zero-order valence-electron chi connectivity index (χ0n) is 11.5. The van der Waals surface area contributed by atoms with Crippen molar-refractivity contribution in [2.75, 3.05) is 6.54 Å². The Morgan fingerprint density at radius 3 is 2.62 bits per heavy atom. The number of carboxylic acid groups (broad SMARTS) is 1. The molecule has 1 aromatic carbocycles. The van der Waals surface area contributed by atoms with Crippen LogP contribution in [0.2, 0.25) is 0 Å². The molecule has 0 saturated carbocycles. The molecule has 1 unspecified atom stereocenters. The third-order valence-corrected chi connectivity index (χ3v) is 5.91. The molecular formula is C13H17Br2NO4S. The summed E-state index contributed by atoms with van der Waals surface area (Å²) >= 11 is 6.47. The highest BCUT2D eigenvalue weighted by Crippen LogP contribution is 2.25. The van der Waals surface area contributed by atoms with Crippen LogP contribution in [-0.2, 0) is 14.8 Å². The van der Waals surface area contributed by atoms with Crippen LogP contribution in [0.25, 0.3) is 0 Å². The summed E-state index contributed by atoms with van der Waals surface area (Å²) in [6, 6.07) is 4.94. The Hall–Kier alpha value is -0.440. The van der Waals surface area contributed by atoms with Crippen LogP contribution in [0.5, 0.6) is 0 Å². The van der Waals surface area contributed by atoms with Gasteiger partial charge in [0.2, 0.25) is 10.0 Å². The van der Waals surface area contributed by atoms with Crippen molar-refractivity contribution in [2.45, 2.75) is 31.1 Å². The quantitative estimate of drug-likeness (QED) is 0.646. The third-order valence-electron chi connectivity index (χ3n) is 2.96. The summed E-state index contributed by atoms with van der Waals surface area (Å²) in [7, 11) is -3.58. The highest BCUT2D eigenvalue weighted by Gasteiger charge is 2.18. The van der Waals surface area contributed by atoms with E-state index in [9.17, 15) is 13.2 Å². The van der Waals surface area contributed by atoms with Gasteiger partial charge in [-0.3, -0.25) is 4.79 Å². The van der Waals surface area contributed by atoms with Gasteiger partial charge in [0.05, 0.1) is 4.90 Å². The SMILES string of the molecule is CC(CCNS(=O)(=O)c1cc(Br)ccc1Br)CCC(=O)O. The number of sulfonamides is 1. The normalized spacial score (nSPS) is 13.1. The number of rotatable bonds is 8. The van der Waals surface area contributed by atoms with E-state index in [2.05, 4.69) is 36.6 Å². The average molecular weight is 443 g/mol. The maximum absolute atomic E-state index is 12.2. The highest BCUT2D eigenvalue weighted by molar-refractivity contribution is 9.11. The molecule has 0 fully saturated rings. The molecule has 1 rings (SSSR count). The zero-order chi connectivity index (χ0) is 16.0. The van der Waals surface area contributed by atoms with Crippen LogP contribution in [0, 0.1) is 5.92 Å².